The van der Waals surface area contributed by atoms with Gasteiger partial charge in [0.1, 0.15) is 0 Å². The molecule has 1 saturated heterocycles. The van der Waals surface area contributed by atoms with Crippen LogP contribution in [0.5, 0.6) is 0 Å². The molecule has 1 N–H and O–H groups in total. The van der Waals surface area contributed by atoms with E-state index in [1.807, 2.05) is 12.1 Å². The molecule has 3 atom stereocenters. The Morgan fingerprint density at radius 3 is 2.65 bits per heavy atom. The highest BCUT2D eigenvalue weighted by Crippen LogP contribution is 2.53. The number of aliphatic hydroxyl groups excluding tert-OH is 1. The van der Waals surface area contributed by atoms with Crippen molar-refractivity contribution in [2.45, 2.75) is 51.9 Å². The van der Waals surface area contributed by atoms with Crippen LogP contribution in [0.25, 0.3) is 0 Å². The standard InChI is InChI=1S/C15H20O2/c1-9-15(2,3)14(17-9)12-6-4-5-11-10(12)7-8-13(11)16/h4-6,9,13-14,16H,7-8H2,1-3H3/t9?,13-,14?/m0/s1. The molecule has 17 heavy (non-hydrogen) atoms. The number of aliphatic hydroxyl groups is 1. The predicted molar refractivity (Wildman–Crippen MR) is 66.8 cm³/mol. The monoisotopic (exact) mass is 232 g/mol. The second-order valence-electron chi connectivity index (χ2n) is 5.95. The second kappa shape index (κ2) is 3.56. The van der Waals surface area contributed by atoms with Crippen LogP contribution >= 0.6 is 0 Å². The third-order valence-corrected chi connectivity index (χ3v) is 4.62. The van der Waals surface area contributed by atoms with Gasteiger partial charge in [-0.25, -0.2) is 0 Å². The molecule has 1 fully saturated rings. The quantitative estimate of drug-likeness (QED) is 0.806. The van der Waals surface area contributed by atoms with E-state index in [9.17, 15) is 5.11 Å². The van der Waals surface area contributed by atoms with Crippen molar-refractivity contribution >= 4 is 0 Å². The molecule has 1 heterocycles. The fourth-order valence-corrected chi connectivity index (χ4v) is 3.08. The Hall–Kier alpha value is -0.860. The Kier molecular flexibility index (Phi) is 2.36. The van der Waals surface area contributed by atoms with Gasteiger partial charge in [0.2, 0.25) is 0 Å². The number of hydrogen-bond acceptors (Lipinski definition) is 2. The lowest BCUT2D eigenvalue weighted by molar-refractivity contribution is -0.230. The van der Waals surface area contributed by atoms with Crippen LogP contribution in [0.2, 0.25) is 0 Å². The molecule has 0 saturated carbocycles. The molecular weight excluding hydrogens is 212 g/mol. The van der Waals surface area contributed by atoms with E-state index in [2.05, 4.69) is 26.8 Å². The van der Waals surface area contributed by atoms with Crippen LogP contribution in [-0.2, 0) is 11.2 Å². The van der Waals surface area contributed by atoms with E-state index in [1.165, 1.54) is 11.1 Å². The van der Waals surface area contributed by atoms with Gasteiger partial charge in [0, 0.05) is 5.41 Å². The van der Waals surface area contributed by atoms with Crippen molar-refractivity contribution in [3.63, 3.8) is 0 Å². The Morgan fingerprint density at radius 2 is 2.00 bits per heavy atom. The first-order chi connectivity index (χ1) is 8.01. The maximum absolute atomic E-state index is 9.92. The van der Waals surface area contributed by atoms with Gasteiger partial charge in [-0.1, -0.05) is 32.0 Å². The summed E-state index contributed by atoms with van der Waals surface area (Å²) in [5, 5.41) is 9.92. The molecule has 2 aliphatic rings. The lowest BCUT2D eigenvalue weighted by atomic mass is 9.72. The highest BCUT2D eigenvalue weighted by atomic mass is 16.5. The maximum Gasteiger partial charge on any atom is 0.0907 e. The first-order valence-electron chi connectivity index (χ1n) is 6.47. The summed E-state index contributed by atoms with van der Waals surface area (Å²) in [6, 6.07) is 6.26. The van der Waals surface area contributed by atoms with Gasteiger partial charge in [-0.2, -0.15) is 0 Å². The molecule has 1 aromatic carbocycles. The molecule has 1 aliphatic carbocycles. The zero-order chi connectivity index (χ0) is 12.2. The first kappa shape index (κ1) is 11.2. The molecule has 1 aromatic rings. The van der Waals surface area contributed by atoms with Crippen molar-refractivity contribution in [2.24, 2.45) is 5.41 Å². The van der Waals surface area contributed by atoms with E-state index in [1.54, 1.807) is 0 Å². The van der Waals surface area contributed by atoms with E-state index in [4.69, 9.17) is 4.74 Å². The maximum atomic E-state index is 9.92. The molecule has 92 valence electrons. The van der Waals surface area contributed by atoms with Crippen molar-refractivity contribution in [3.05, 3.63) is 34.9 Å². The molecule has 2 heteroatoms. The first-order valence-corrected chi connectivity index (χ1v) is 6.47. The third kappa shape index (κ3) is 1.47. The van der Waals surface area contributed by atoms with E-state index < -0.39 is 0 Å². The van der Waals surface area contributed by atoms with E-state index >= 15 is 0 Å². The summed E-state index contributed by atoms with van der Waals surface area (Å²) in [5.41, 5.74) is 3.93. The molecule has 0 amide bonds. The minimum Gasteiger partial charge on any atom is -0.388 e. The molecule has 0 aromatic heterocycles. The number of fused-ring (bicyclic) bond motifs is 1. The highest BCUT2D eigenvalue weighted by Gasteiger charge is 2.48. The molecule has 1 aliphatic heterocycles. The van der Waals surface area contributed by atoms with Gasteiger partial charge >= 0.3 is 0 Å². The Balaban J connectivity index is 2.01. The van der Waals surface area contributed by atoms with Crippen molar-refractivity contribution in [3.8, 4) is 0 Å². The lowest BCUT2D eigenvalue weighted by Gasteiger charge is -2.51. The van der Waals surface area contributed by atoms with Gasteiger partial charge in [-0.15, -0.1) is 0 Å². The highest BCUT2D eigenvalue weighted by molar-refractivity contribution is 5.42. The number of hydrogen-bond donors (Lipinski definition) is 1. The molecule has 0 radical (unpaired) electrons. The summed E-state index contributed by atoms with van der Waals surface area (Å²) < 4.78 is 5.92. The lowest BCUT2D eigenvalue weighted by Crippen LogP contribution is -2.48. The summed E-state index contributed by atoms with van der Waals surface area (Å²) in [5.74, 6) is 0. The minimum absolute atomic E-state index is 0.192. The van der Waals surface area contributed by atoms with Gasteiger partial charge in [-0.3, -0.25) is 0 Å². The Bertz CT molecular complexity index is 450. The molecular formula is C15H20O2. The molecule has 2 nitrogen and oxygen atoms in total. The van der Waals surface area contributed by atoms with Gasteiger partial charge in [0.25, 0.3) is 0 Å². The van der Waals surface area contributed by atoms with Crippen LogP contribution in [0.15, 0.2) is 18.2 Å². The normalized spacial score (nSPS) is 34.2. The molecule has 0 spiro atoms. The Labute approximate surface area is 103 Å². The topological polar surface area (TPSA) is 29.5 Å². The smallest absolute Gasteiger partial charge is 0.0907 e. The average Bonchev–Trinajstić information content (AvgIpc) is 2.68. The average molecular weight is 232 g/mol. The molecule has 3 rings (SSSR count). The summed E-state index contributed by atoms with van der Waals surface area (Å²) in [6.07, 6.45) is 2.07. The summed E-state index contributed by atoms with van der Waals surface area (Å²) >= 11 is 0. The van der Waals surface area contributed by atoms with Crippen LogP contribution in [0.1, 0.15) is 56.1 Å². The zero-order valence-electron chi connectivity index (χ0n) is 10.7. The van der Waals surface area contributed by atoms with Gasteiger partial charge in [-0.05, 0) is 36.5 Å². The van der Waals surface area contributed by atoms with Gasteiger partial charge < -0.3 is 9.84 Å². The third-order valence-electron chi connectivity index (χ3n) is 4.62. The SMILES string of the molecule is CC1OC(c2cccc3c2CC[C@@H]3O)C1(C)C. The van der Waals surface area contributed by atoms with Crippen LogP contribution in [0.4, 0.5) is 0 Å². The summed E-state index contributed by atoms with van der Waals surface area (Å²) in [4.78, 5) is 0. The Morgan fingerprint density at radius 1 is 1.29 bits per heavy atom. The van der Waals surface area contributed by atoms with E-state index in [0.29, 0.717) is 6.10 Å². The molecule has 0 bridgehead atoms. The van der Waals surface area contributed by atoms with Gasteiger partial charge in [0.15, 0.2) is 0 Å². The van der Waals surface area contributed by atoms with Gasteiger partial charge in [0.05, 0.1) is 18.3 Å². The summed E-state index contributed by atoms with van der Waals surface area (Å²) in [7, 11) is 0. The number of benzene rings is 1. The van der Waals surface area contributed by atoms with Crippen molar-refractivity contribution in [1.82, 2.24) is 0 Å². The van der Waals surface area contributed by atoms with Crippen molar-refractivity contribution in [2.75, 3.05) is 0 Å². The summed E-state index contributed by atoms with van der Waals surface area (Å²) in [6.45, 7) is 6.65. The minimum atomic E-state index is -0.273. The number of rotatable bonds is 1. The second-order valence-corrected chi connectivity index (χ2v) is 5.95. The van der Waals surface area contributed by atoms with Crippen LogP contribution < -0.4 is 0 Å². The largest absolute Gasteiger partial charge is 0.388 e. The van der Waals surface area contributed by atoms with Crippen molar-refractivity contribution in [1.29, 1.82) is 0 Å². The zero-order valence-corrected chi connectivity index (χ0v) is 10.7. The van der Waals surface area contributed by atoms with Crippen molar-refractivity contribution < 1.29 is 9.84 Å². The van der Waals surface area contributed by atoms with Crippen LogP contribution in [0, 0.1) is 5.41 Å². The fraction of sp³-hybridized carbons (Fsp3) is 0.600. The van der Waals surface area contributed by atoms with E-state index in [0.717, 1.165) is 18.4 Å². The molecule has 2 unspecified atom stereocenters. The number of ether oxygens (including phenoxy) is 1. The van der Waals surface area contributed by atoms with Crippen LogP contribution in [0.3, 0.4) is 0 Å². The fourth-order valence-electron chi connectivity index (χ4n) is 3.08. The predicted octanol–water partition coefficient (Wildman–Crippen LogP) is 3.15. The van der Waals surface area contributed by atoms with Crippen LogP contribution in [-0.4, -0.2) is 11.2 Å². The van der Waals surface area contributed by atoms with E-state index in [-0.39, 0.29) is 17.6 Å².